The van der Waals surface area contributed by atoms with Gasteiger partial charge in [0, 0.05) is 12.1 Å². The second-order valence-electron chi connectivity index (χ2n) is 6.55. The molecule has 0 saturated heterocycles. The molecule has 1 heteroatoms. The highest BCUT2D eigenvalue weighted by Gasteiger charge is 2.42. The second kappa shape index (κ2) is 4.68. The van der Waals surface area contributed by atoms with Crippen molar-refractivity contribution in [3.8, 4) is 0 Å². The summed E-state index contributed by atoms with van der Waals surface area (Å²) in [5.41, 5.74) is 0. The van der Waals surface area contributed by atoms with Crippen LogP contribution in [0.15, 0.2) is 0 Å². The predicted octanol–water partition coefficient (Wildman–Crippen LogP) is 3.73. The van der Waals surface area contributed by atoms with E-state index in [4.69, 9.17) is 0 Å². The van der Waals surface area contributed by atoms with E-state index in [1.54, 1.807) is 0 Å². The van der Waals surface area contributed by atoms with Crippen molar-refractivity contribution in [3.05, 3.63) is 0 Å². The van der Waals surface area contributed by atoms with Crippen LogP contribution in [0.25, 0.3) is 0 Å². The molecule has 16 heavy (non-hydrogen) atoms. The third kappa shape index (κ3) is 2.61. The molecule has 92 valence electrons. The Morgan fingerprint density at radius 3 is 1.81 bits per heavy atom. The Morgan fingerprint density at radius 1 is 0.750 bits per heavy atom. The molecule has 1 nitrogen and oxygen atoms in total. The topological polar surface area (TPSA) is 12.0 Å². The Balaban J connectivity index is 1.51. The van der Waals surface area contributed by atoms with E-state index in [1.807, 2.05) is 0 Å². The van der Waals surface area contributed by atoms with Gasteiger partial charge in [-0.25, -0.2) is 0 Å². The normalized spacial score (nSPS) is 29.6. The van der Waals surface area contributed by atoms with Crippen LogP contribution in [-0.2, 0) is 0 Å². The van der Waals surface area contributed by atoms with Gasteiger partial charge in [0.2, 0.25) is 0 Å². The van der Waals surface area contributed by atoms with Crippen molar-refractivity contribution in [2.45, 2.75) is 76.8 Å². The number of rotatable bonds is 5. The van der Waals surface area contributed by atoms with E-state index >= 15 is 0 Å². The number of hydrogen-bond acceptors (Lipinski definition) is 1. The van der Waals surface area contributed by atoms with E-state index in [9.17, 15) is 0 Å². The van der Waals surface area contributed by atoms with Gasteiger partial charge in [-0.2, -0.15) is 0 Å². The molecule has 0 aromatic carbocycles. The Labute approximate surface area is 100 Å². The molecule has 1 atom stereocenters. The third-order valence-electron chi connectivity index (χ3n) is 5.07. The fourth-order valence-corrected chi connectivity index (χ4v) is 3.64. The van der Waals surface area contributed by atoms with Crippen LogP contribution in [0, 0.1) is 17.8 Å². The van der Waals surface area contributed by atoms with Gasteiger partial charge in [0.05, 0.1) is 0 Å². The Morgan fingerprint density at radius 2 is 1.31 bits per heavy atom. The molecular weight excluding hydrogens is 194 g/mol. The first-order valence-electron chi connectivity index (χ1n) is 7.60. The lowest BCUT2D eigenvalue weighted by Crippen LogP contribution is -2.43. The van der Waals surface area contributed by atoms with Gasteiger partial charge in [0.15, 0.2) is 0 Å². The lowest BCUT2D eigenvalue weighted by Gasteiger charge is -2.32. The molecule has 3 fully saturated rings. The molecule has 3 aliphatic rings. The van der Waals surface area contributed by atoms with Crippen molar-refractivity contribution in [2.75, 3.05) is 0 Å². The predicted molar refractivity (Wildman–Crippen MR) is 68.4 cm³/mol. The minimum absolute atomic E-state index is 0.784. The highest BCUT2D eigenvalue weighted by Crippen LogP contribution is 2.45. The maximum absolute atomic E-state index is 4.01. The summed E-state index contributed by atoms with van der Waals surface area (Å²) in [7, 11) is 0. The molecule has 0 unspecified atom stereocenters. The molecule has 0 heterocycles. The fourth-order valence-electron chi connectivity index (χ4n) is 3.64. The smallest absolute Gasteiger partial charge is 0.0126 e. The van der Waals surface area contributed by atoms with Gasteiger partial charge in [0.1, 0.15) is 0 Å². The minimum Gasteiger partial charge on any atom is -0.311 e. The fraction of sp³-hybridized carbons (Fsp3) is 1.00. The number of hydrogen-bond donors (Lipinski definition) is 1. The molecule has 3 saturated carbocycles. The molecular formula is C15H27N. The number of nitrogens with one attached hydrogen (secondary N) is 1. The van der Waals surface area contributed by atoms with Crippen LogP contribution in [0.4, 0.5) is 0 Å². The first-order chi connectivity index (χ1) is 7.84. The van der Waals surface area contributed by atoms with Crippen molar-refractivity contribution >= 4 is 0 Å². The first-order valence-corrected chi connectivity index (χ1v) is 7.60. The summed E-state index contributed by atoms with van der Waals surface area (Å²) < 4.78 is 0. The van der Waals surface area contributed by atoms with Crippen molar-refractivity contribution in [3.63, 3.8) is 0 Å². The van der Waals surface area contributed by atoms with Crippen molar-refractivity contribution in [1.29, 1.82) is 0 Å². The highest BCUT2D eigenvalue weighted by molar-refractivity contribution is 4.97. The largest absolute Gasteiger partial charge is 0.311 e. The Kier molecular flexibility index (Phi) is 3.24. The van der Waals surface area contributed by atoms with Gasteiger partial charge in [-0.1, -0.05) is 19.3 Å². The standard InChI is InChI=1S/C15H27N/c1-11(12-5-3-2-4-6-12)16-15(13-7-8-13)14-9-10-14/h11-16H,2-10H2,1H3/t11-/m0/s1. The summed E-state index contributed by atoms with van der Waals surface area (Å²) in [5.74, 6) is 3.09. The van der Waals surface area contributed by atoms with Gasteiger partial charge in [0.25, 0.3) is 0 Å². The van der Waals surface area contributed by atoms with Crippen LogP contribution in [0.1, 0.15) is 64.7 Å². The molecule has 0 aromatic heterocycles. The monoisotopic (exact) mass is 221 g/mol. The molecule has 0 aromatic rings. The van der Waals surface area contributed by atoms with Gasteiger partial charge in [-0.15, -0.1) is 0 Å². The maximum atomic E-state index is 4.01. The molecule has 0 amide bonds. The SMILES string of the molecule is C[C@H](NC(C1CC1)C1CC1)C1CCCCC1. The molecule has 0 radical (unpaired) electrons. The van der Waals surface area contributed by atoms with Crippen molar-refractivity contribution in [2.24, 2.45) is 17.8 Å². The zero-order chi connectivity index (χ0) is 11.0. The first kappa shape index (κ1) is 11.1. The van der Waals surface area contributed by atoms with Gasteiger partial charge >= 0.3 is 0 Å². The average molecular weight is 221 g/mol. The lowest BCUT2D eigenvalue weighted by atomic mass is 9.84. The highest BCUT2D eigenvalue weighted by atomic mass is 15.0. The van der Waals surface area contributed by atoms with Crippen LogP contribution >= 0.6 is 0 Å². The van der Waals surface area contributed by atoms with Gasteiger partial charge in [-0.05, 0) is 63.2 Å². The molecule has 3 rings (SSSR count). The minimum atomic E-state index is 0.784. The molecule has 0 bridgehead atoms. The van der Waals surface area contributed by atoms with E-state index < -0.39 is 0 Å². The van der Waals surface area contributed by atoms with Crippen LogP contribution < -0.4 is 5.32 Å². The van der Waals surface area contributed by atoms with Gasteiger partial charge < -0.3 is 5.32 Å². The average Bonchev–Trinajstić information content (AvgIpc) is 3.19. The van der Waals surface area contributed by atoms with E-state index in [0.29, 0.717) is 0 Å². The zero-order valence-corrected chi connectivity index (χ0v) is 10.8. The van der Waals surface area contributed by atoms with Crippen molar-refractivity contribution < 1.29 is 0 Å². The summed E-state index contributed by atoms with van der Waals surface area (Å²) in [6, 6.07) is 1.68. The van der Waals surface area contributed by atoms with Crippen LogP contribution in [0.3, 0.4) is 0 Å². The van der Waals surface area contributed by atoms with Crippen LogP contribution in [0.2, 0.25) is 0 Å². The lowest BCUT2D eigenvalue weighted by molar-refractivity contribution is 0.247. The van der Waals surface area contributed by atoms with E-state index in [-0.39, 0.29) is 0 Å². The Bertz CT molecular complexity index is 212. The second-order valence-corrected chi connectivity index (χ2v) is 6.55. The Hall–Kier alpha value is -0.0400. The summed E-state index contributed by atoms with van der Waals surface area (Å²) in [6.45, 7) is 2.45. The van der Waals surface area contributed by atoms with Gasteiger partial charge in [-0.3, -0.25) is 0 Å². The summed E-state index contributed by atoms with van der Waals surface area (Å²) in [6.07, 6.45) is 13.4. The molecule has 0 aliphatic heterocycles. The van der Waals surface area contributed by atoms with E-state index in [0.717, 1.165) is 29.8 Å². The molecule has 3 aliphatic carbocycles. The summed E-state index contributed by atoms with van der Waals surface area (Å²) >= 11 is 0. The summed E-state index contributed by atoms with van der Waals surface area (Å²) in [4.78, 5) is 0. The maximum Gasteiger partial charge on any atom is 0.0126 e. The molecule has 1 N–H and O–H groups in total. The zero-order valence-electron chi connectivity index (χ0n) is 10.8. The third-order valence-corrected chi connectivity index (χ3v) is 5.07. The van der Waals surface area contributed by atoms with E-state index in [1.165, 1.54) is 57.8 Å². The van der Waals surface area contributed by atoms with Crippen LogP contribution in [-0.4, -0.2) is 12.1 Å². The quantitative estimate of drug-likeness (QED) is 0.746. The molecule has 0 spiro atoms. The summed E-state index contributed by atoms with van der Waals surface area (Å²) in [5, 5.41) is 4.01. The van der Waals surface area contributed by atoms with Crippen molar-refractivity contribution in [1.82, 2.24) is 5.32 Å². The van der Waals surface area contributed by atoms with Crippen LogP contribution in [0.5, 0.6) is 0 Å². The van der Waals surface area contributed by atoms with E-state index in [2.05, 4.69) is 12.2 Å².